The fourth-order valence-corrected chi connectivity index (χ4v) is 1.79. The zero-order valence-electron chi connectivity index (χ0n) is 12.6. The van der Waals surface area contributed by atoms with E-state index in [9.17, 15) is 4.79 Å². The Balaban J connectivity index is 1.80. The number of hydrogen-bond donors (Lipinski definition) is 1. The first kappa shape index (κ1) is 15.7. The normalized spacial score (nSPS) is 10.6. The second-order valence-electron chi connectivity index (χ2n) is 4.76. The van der Waals surface area contributed by atoms with E-state index in [0.29, 0.717) is 6.61 Å². The summed E-state index contributed by atoms with van der Waals surface area (Å²) in [6, 6.07) is 13.2. The van der Waals surface area contributed by atoms with Crippen molar-refractivity contribution in [3.63, 3.8) is 0 Å². The van der Waals surface area contributed by atoms with Crippen LogP contribution in [-0.2, 0) is 11.3 Å². The van der Waals surface area contributed by atoms with Gasteiger partial charge in [0, 0.05) is 12.1 Å². The number of amides is 1. The smallest absolute Gasteiger partial charge is 0.305 e. The predicted octanol–water partition coefficient (Wildman–Crippen LogP) is 1.91. The summed E-state index contributed by atoms with van der Waals surface area (Å²) in [5.74, 6) is 0.666. The highest BCUT2D eigenvalue weighted by Crippen LogP contribution is 2.11. The van der Waals surface area contributed by atoms with Gasteiger partial charge in [-0.15, -0.1) is 0 Å². The van der Waals surface area contributed by atoms with Crippen molar-refractivity contribution in [2.45, 2.75) is 19.9 Å². The van der Waals surface area contributed by atoms with Gasteiger partial charge in [0.1, 0.15) is 5.75 Å². The molecular weight excluding hydrogens is 278 g/mol. The molecule has 0 radical (unpaired) electrons. The number of hydrogen-bond acceptors (Lipinski definition) is 3. The van der Waals surface area contributed by atoms with Crippen LogP contribution in [0.4, 0.5) is 0 Å². The van der Waals surface area contributed by atoms with Crippen molar-refractivity contribution in [2.75, 3.05) is 6.61 Å². The Morgan fingerprint density at radius 1 is 1.23 bits per heavy atom. The first-order valence-corrected chi connectivity index (χ1v) is 7.27. The highest BCUT2D eigenvalue weighted by Gasteiger charge is 2.06. The maximum absolute atomic E-state index is 11.7. The second kappa shape index (κ2) is 8.56. The Morgan fingerprint density at radius 3 is 2.64 bits per heavy atom. The molecule has 0 saturated heterocycles. The molecule has 0 fully saturated rings. The summed E-state index contributed by atoms with van der Waals surface area (Å²) in [4.78, 5) is 11.7. The average molecular weight is 298 g/mol. The predicted molar refractivity (Wildman–Crippen MR) is 84.6 cm³/mol. The van der Waals surface area contributed by atoms with E-state index in [2.05, 4.69) is 17.5 Å². The number of ether oxygens (including phenoxy) is 1. The highest BCUT2D eigenvalue weighted by molar-refractivity contribution is 5.82. The zero-order valence-corrected chi connectivity index (χ0v) is 12.6. The fraction of sp³-hybridized carbons (Fsp3) is 0.235. The van der Waals surface area contributed by atoms with Crippen LogP contribution in [0.1, 0.15) is 18.9 Å². The maximum Gasteiger partial charge on any atom is 0.305 e. The molecule has 2 rings (SSSR count). The minimum Gasteiger partial charge on any atom is -0.494 e. The standard InChI is InChI=1S/C17H19N3O2/c1-2-12-22-16-8-6-15(7-9-16)13-18-19-17(21)14-20-10-4-3-5-11-20/h3-11,13H,2,12,14H2,1H3/p+1/b18-13-. The van der Waals surface area contributed by atoms with Crippen molar-refractivity contribution in [3.8, 4) is 5.75 Å². The van der Waals surface area contributed by atoms with Gasteiger partial charge >= 0.3 is 5.91 Å². The van der Waals surface area contributed by atoms with Crippen LogP contribution in [0.15, 0.2) is 60.0 Å². The molecule has 114 valence electrons. The lowest BCUT2D eigenvalue weighted by atomic mass is 10.2. The number of pyridine rings is 1. The maximum atomic E-state index is 11.7. The van der Waals surface area contributed by atoms with Crippen molar-refractivity contribution in [2.24, 2.45) is 5.10 Å². The Bertz CT molecular complexity index is 610. The Kier molecular flexibility index (Phi) is 6.11. The molecule has 2 aromatic rings. The van der Waals surface area contributed by atoms with Crippen molar-refractivity contribution >= 4 is 12.1 Å². The summed E-state index contributed by atoms with van der Waals surface area (Å²) in [6.45, 7) is 3.01. The molecule has 22 heavy (non-hydrogen) atoms. The van der Waals surface area contributed by atoms with Crippen LogP contribution in [0, 0.1) is 0 Å². The molecule has 0 spiro atoms. The molecule has 0 aliphatic carbocycles. The SMILES string of the molecule is CCCOc1ccc(/C=N\NC(=O)C[n+]2ccccc2)cc1. The van der Waals surface area contributed by atoms with Crippen LogP contribution in [0.5, 0.6) is 5.75 Å². The third-order valence-electron chi connectivity index (χ3n) is 2.86. The van der Waals surface area contributed by atoms with Gasteiger partial charge in [-0.3, -0.25) is 4.79 Å². The molecule has 5 nitrogen and oxygen atoms in total. The summed E-state index contributed by atoms with van der Waals surface area (Å²) in [7, 11) is 0. The fourth-order valence-electron chi connectivity index (χ4n) is 1.79. The lowest BCUT2D eigenvalue weighted by molar-refractivity contribution is -0.684. The first-order chi connectivity index (χ1) is 10.8. The van der Waals surface area contributed by atoms with Crippen LogP contribution < -0.4 is 14.7 Å². The van der Waals surface area contributed by atoms with Gasteiger partial charge in [0.25, 0.3) is 0 Å². The van der Waals surface area contributed by atoms with E-state index in [1.165, 1.54) is 0 Å². The molecule has 0 unspecified atom stereocenters. The van der Waals surface area contributed by atoms with Gasteiger partial charge in [0.15, 0.2) is 12.4 Å². The minimum absolute atomic E-state index is 0.171. The number of rotatable bonds is 7. The molecule has 0 aliphatic heterocycles. The third-order valence-corrected chi connectivity index (χ3v) is 2.86. The van der Waals surface area contributed by atoms with Gasteiger partial charge in [0.2, 0.25) is 6.54 Å². The number of nitrogens with one attached hydrogen (secondary N) is 1. The number of nitrogens with zero attached hydrogens (tertiary/aromatic N) is 2. The largest absolute Gasteiger partial charge is 0.494 e. The van der Waals surface area contributed by atoms with Crippen LogP contribution in [0.25, 0.3) is 0 Å². The summed E-state index contributed by atoms with van der Waals surface area (Å²) < 4.78 is 7.28. The van der Waals surface area contributed by atoms with E-state index < -0.39 is 0 Å². The lowest BCUT2D eigenvalue weighted by Gasteiger charge is -2.03. The van der Waals surface area contributed by atoms with E-state index in [-0.39, 0.29) is 12.5 Å². The van der Waals surface area contributed by atoms with Gasteiger partial charge in [-0.2, -0.15) is 9.67 Å². The number of benzene rings is 1. The molecule has 0 bridgehead atoms. The van der Waals surface area contributed by atoms with E-state index in [1.54, 1.807) is 10.8 Å². The summed E-state index contributed by atoms with van der Waals surface area (Å²) >= 11 is 0. The first-order valence-electron chi connectivity index (χ1n) is 7.27. The van der Waals surface area contributed by atoms with Crippen molar-refractivity contribution in [1.29, 1.82) is 0 Å². The number of carbonyl (C=O) groups is 1. The molecule has 1 aromatic carbocycles. The van der Waals surface area contributed by atoms with Crippen LogP contribution in [0.3, 0.4) is 0 Å². The van der Waals surface area contributed by atoms with Crippen molar-refractivity contribution in [3.05, 3.63) is 60.4 Å². The quantitative estimate of drug-likeness (QED) is 0.482. The lowest BCUT2D eigenvalue weighted by Crippen LogP contribution is -2.40. The van der Waals surface area contributed by atoms with E-state index in [4.69, 9.17) is 4.74 Å². The summed E-state index contributed by atoms with van der Waals surface area (Å²) in [6.07, 6.45) is 6.25. The molecule has 0 aliphatic rings. The van der Waals surface area contributed by atoms with E-state index in [1.807, 2.05) is 54.9 Å². The molecule has 5 heteroatoms. The molecular formula is C17H20N3O2+. The molecule has 1 aromatic heterocycles. The van der Waals surface area contributed by atoms with E-state index in [0.717, 1.165) is 17.7 Å². The summed E-state index contributed by atoms with van der Waals surface area (Å²) in [5.41, 5.74) is 3.41. The second-order valence-corrected chi connectivity index (χ2v) is 4.76. The van der Waals surface area contributed by atoms with Crippen molar-refractivity contribution < 1.29 is 14.1 Å². The van der Waals surface area contributed by atoms with Crippen LogP contribution in [-0.4, -0.2) is 18.7 Å². The van der Waals surface area contributed by atoms with Crippen molar-refractivity contribution in [1.82, 2.24) is 5.43 Å². The Labute approximate surface area is 130 Å². The van der Waals surface area contributed by atoms with Crippen LogP contribution >= 0.6 is 0 Å². The minimum atomic E-state index is -0.171. The number of carbonyl (C=O) groups excluding carboxylic acids is 1. The molecule has 1 N–H and O–H groups in total. The molecule has 0 atom stereocenters. The van der Waals surface area contributed by atoms with Gasteiger partial charge in [-0.25, -0.2) is 5.43 Å². The monoisotopic (exact) mass is 298 g/mol. The molecule has 1 heterocycles. The zero-order chi connectivity index (χ0) is 15.6. The van der Waals surface area contributed by atoms with Gasteiger partial charge in [-0.1, -0.05) is 13.0 Å². The number of aromatic nitrogens is 1. The molecule has 0 saturated carbocycles. The molecule has 1 amide bonds. The average Bonchev–Trinajstić information content (AvgIpc) is 2.55. The Morgan fingerprint density at radius 2 is 1.95 bits per heavy atom. The summed E-state index contributed by atoms with van der Waals surface area (Å²) in [5, 5.41) is 3.95. The topological polar surface area (TPSA) is 54.6 Å². The van der Waals surface area contributed by atoms with Gasteiger partial charge in [-0.05, 0) is 36.2 Å². The highest BCUT2D eigenvalue weighted by atomic mass is 16.5. The number of hydrazone groups is 1. The Hall–Kier alpha value is -2.69. The third kappa shape index (κ3) is 5.36. The van der Waals surface area contributed by atoms with Crippen LogP contribution in [0.2, 0.25) is 0 Å². The van der Waals surface area contributed by atoms with Gasteiger partial charge < -0.3 is 4.74 Å². The van der Waals surface area contributed by atoms with E-state index >= 15 is 0 Å². The van der Waals surface area contributed by atoms with Gasteiger partial charge in [0.05, 0.1) is 12.8 Å².